The molecule has 0 bridgehead atoms. The van der Waals surface area contributed by atoms with Crippen LogP contribution in [0.5, 0.6) is 0 Å². The van der Waals surface area contributed by atoms with Gasteiger partial charge in [-0.15, -0.1) is 0 Å². The highest BCUT2D eigenvalue weighted by molar-refractivity contribution is 8.00. The second-order valence-electron chi connectivity index (χ2n) is 5.46. The first-order valence-electron chi connectivity index (χ1n) is 6.71. The molecule has 3 heteroatoms. The Morgan fingerprint density at radius 2 is 2.00 bits per heavy atom. The lowest BCUT2D eigenvalue weighted by Gasteiger charge is -2.16. The van der Waals surface area contributed by atoms with Gasteiger partial charge in [-0.2, -0.15) is 11.8 Å². The van der Waals surface area contributed by atoms with Gasteiger partial charge in [0.05, 0.1) is 0 Å². The lowest BCUT2D eigenvalue weighted by Crippen LogP contribution is -2.29. The van der Waals surface area contributed by atoms with Crippen molar-refractivity contribution in [2.24, 2.45) is 0 Å². The standard InChI is InChI=1S/C15H24N2S/c1-12-8-15(11-18-12)16-9-13-6-4-5-7-14(13)10-17(2)3/h4-7,12,15-16H,8-11H2,1-3H3. The van der Waals surface area contributed by atoms with Gasteiger partial charge in [-0.3, -0.25) is 0 Å². The average Bonchev–Trinajstić information content (AvgIpc) is 2.73. The third kappa shape index (κ3) is 4.01. The Kier molecular flexibility index (Phi) is 5.10. The molecule has 1 saturated heterocycles. The van der Waals surface area contributed by atoms with Crippen molar-refractivity contribution in [2.75, 3.05) is 19.8 Å². The largest absolute Gasteiger partial charge is 0.309 e. The summed E-state index contributed by atoms with van der Waals surface area (Å²) in [5.74, 6) is 1.26. The molecule has 0 amide bonds. The van der Waals surface area contributed by atoms with Gasteiger partial charge in [0.15, 0.2) is 0 Å². The SMILES string of the molecule is CC1CC(NCc2ccccc2CN(C)C)CS1. The van der Waals surface area contributed by atoms with E-state index in [1.165, 1.54) is 23.3 Å². The van der Waals surface area contributed by atoms with Crippen LogP contribution in [0.2, 0.25) is 0 Å². The highest BCUT2D eigenvalue weighted by Gasteiger charge is 2.21. The molecule has 100 valence electrons. The Labute approximate surface area is 115 Å². The number of benzene rings is 1. The lowest BCUT2D eigenvalue weighted by atomic mass is 10.1. The van der Waals surface area contributed by atoms with E-state index in [9.17, 15) is 0 Å². The van der Waals surface area contributed by atoms with Crippen molar-refractivity contribution in [1.82, 2.24) is 10.2 Å². The minimum atomic E-state index is 0.692. The Morgan fingerprint density at radius 1 is 1.28 bits per heavy atom. The molecular formula is C15H24N2S. The topological polar surface area (TPSA) is 15.3 Å². The fourth-order valence-corrected chi connectivity index (χ4v) is 3.62. The van der Waals surface area contributed by atoms with Crippen LogP contribution in [-0.2, 0) is 13.1 Å². The smallest absolute Gasteiger partial charge is 0.0230 e. The van der Waals surface area contributed by atoms with Crippen LogP contribution in [0.4, 0.5) is 0 Å². The van der Waals surface area contributed by atoms with Crippen LogP contribution >= 0.6 is 11.8 Å². The van der Waals surface area contributed by atoms with Gasteiger partial charge in [0.1, 0.15) is 0 Å². The quantitative estimate of drug-likeness (QED) is 0.880. The summed E-state index contributed by atoms with van der Waals surface area (Å²) in [6, 6.07) is 9.45. The van der Waals surface area contributed by atoms with E-state index in [1.54, 1.807) is 0 Å². The summed E-state index contributed by atoms with van der Waals surface area (Å²) in [6.45, 7) is 4.35. The van der Waals surface area contributed by atoms with Crippen LogP contribution in [0.1, 0.15) is 24.5 Å². The van der Waals surface area contributed by atoms with Gasteiger partial charge in [-0.1, -0.05) is 31.2 Å². The lowest BCUT2D eigenvalue weighted by molar-refractivity contribution is 0.399. The first-order chi connectivity index (χ1) is 8.65. The van der Waals surface area contributed by atoms with Crippen molar-refractivity contribution in [3.63, 3.8) is 0 Å². The van der Waals surface area contributed by atoms with Gasteiger partial charge in [0.25, 0.3) is 0 Å². The summed E-state index contributed by atoms with van der Waals surface area (Å²) < 4.78 is 0. The molecule has 2 nitrogen and oxygen atoms in total. The number of thioether (sulfide) groups is 1. The molecule has 0 radical (unpaired) electrons. The van der Waals surface area contributed by atoms with Gasteiger partial charge in [-0.25, -0.2) is 0 Å². The Balaban J connectivity index is 1.92. The summed E-state index contributed by atoms with van der Waals surface area (Å²) >= 11 is 2.08. The van der Waals surface area contributed by atoms with Crippen molar-refractivity contribution in [3.8, 4) is 0 Å². The van der Waals surface area contributed by atoms with Crippen LogP contribution in [0, 0.1) is 0 Å². The molecule has 0 saturated carbocycles. The monoisotopic (exact) mass is 264 g/mol. The van der Waals surface area contributed by atoms with E-state index in [1.807, 2.05) is 0 Å². The molecule has 1 heterocycles. The predicted octanol–water partition coefficient (Wildman–Crippen LogP) is 2.73. The molecule has 1 aromatic rings. The van der Waals surface area contributed by atoms with Crippen molar-refractivity contribution < 1.29 is 0 Å². The predicted molar refractivity (Wildman–Crippen MR) is 81.0 cm³/mol. The average molecular weight is 264 g/mol. The summed E-state index contributed by atoms with van der Waals surface area (Å²) in [4.78, 5) is 2.23. The van der Waals surface area contributed by atoms with Gasteiger partial charge in [0.2, 0.25) is 0 Å². The molecule has 0 spiro atoms. The molecule has 1 aromatic carbocycles. The maximum Gasteiger partial charge on any atom is 0.0230 e. The van der Waals surface area contributed by atoms with E-state index >= 15 is 0 Å². The van der Waals surface area contributed by atoms with Crippen molar-refractivity contribution >= 4 is 11.8 Å². The summed E-state index contributed by atoms with van der Waals surface area (Å²) in [7, 11) is 4.25. The Morgan fingerprint density at radius 3 is 2.61 bits per heavy atom. The molecule has 0 aliphatic carbocycles. The van der Waals surface area contributed by atoms with E-state index in [2.05, 4.69) is 67.3 Å². The van der Waals surface area contributed by atoms with Crippen LogP contribution in [-0.4, -0.2) is 36.0 Å². The maximum absolute atomic E-state index is 3.70. The van der Waals surface area contributed by atoms with Crippen LogP contribution < -0.4 is 5.32 Å². The minimum Gasteiger partial charge on any atom is -0.309 e. The summed E-state index contributed by atoms with van der Waals surface area (Å²) in [5, 5.41) is 4.52. The zero-order valence-electron chi connectivity index (χ0n) is 11.6. The number of hydrogen-bond acceptors (Lipinski definition) is 3. The van der Waals surface area contributed by atoms with Gasteiger partial charge in [-0.05, 0) is 31.6 Å². The molecule has 1 N–H and O–H groups in total. The second-order valence-corrected chi connectivity index (χ2v) is 6.94. The fraction of sp³-hybridized carbons (Fsp3) is 0.600. The Hall–Kier alpha value is -0.510. The molecule has 2 unspecified atom stereocenters. The summed E-state index contributed by atoms with van der Waals surface area (Å²) in [6.07, 6.45) is 1.31. The normalized spacial score (nSPS) is 23.8. The number of nitrogens with zero attached hydrogens (tertiary/aromatic N) is 1. The fourth-order valence-electron chi connectivity index (χ4n) is 2.44. The van der Waals surface area contributed by atoms with E-state index in [0.29, 0.717) is 6.04 Å². The molecule has 1 aliphatic rings. The third-order valence-electron chi connectivity index (χ3n) is 3.38. The zero-order valence-corrected chi connectivity index (χ0v) is 12.5. The first-order valence-corrected chi connectivity index (χ1v) is 7.76. The number of hydrogen-bond donors (Lipinski definition) is 1. The molecule has 1 fully saturated rings. The van der Waals surface area contributed by atoms with Crippen molar-refractivity contribution in [3.05, 3.63) is 35.4 Å². The minimum absolute atomic E-state index is 0.692. The van der Waals surface area contributed by atoms with Crippen LogP contribution in [0.3, 0.4) is 0 Å². The van der Waals surface area contributed by atoms with E-state index in [4.69, 9.17) is 0 Å². The number of nitrogens with one attached hydrogen (secondary N) is 1. The maximum atomic E-state index is 3.70. The van der Waals surface area contributed by atoms with E-state index in [-0.39, 0.29) is 0 Å². The second kappa shape index (κ2) is 6.60. The van der Waals surface area contributed by atoms with Crippen LogP contribution in [0.15, 0.2) is 24.3 Å². The summed E-state index contributed by atoms with van der Waals surface area (Å²) in [5.41, 5.74) is 2.88. The van der Waals surface area contributed by atoms with E-state index < -0.39 is 0 Å². The van der Waals surface area contributed by atoms with Crippen molar-refractivity contribution in [2.45, 2.75) is 37.7 Å². The highest BCUT2D eigenvalue weighted by atomic mass is 32.2. The third-order valence-corrected chi connectivity index (χ3v) is 4.74. The molecular weight excluding hydrogens is 240 g/mol. The van der Waals surface area contributed by atoms with Crippen molar-refractivity contribution in [1.29, 1.82) is 0 Å². The molecule has 1 aliphatic heterocycles. The number of rotatable bonds is 5. The van der Waals surface area contributed by atoms with Gasteiger partial charge < -0.3 is 10.2 Å². The molecule has 2 rings (SSSR count). The zero-order chi connectivity index (χ0) is 13.0. The Bertz CT molecular complexity index is 379. The molecule has 18 heavy (non-hydrogen) atoms. The molecule has 2 atom stereocenters. The first kappa shape index (κ1) is 13.9. The van der Waals surface area contributed by atoms with Gasteiger partial charge in [0, 0.05) is 30.1 Å². The highest BCUT2D eigenvalue weighted by Crippen LogP contribution is 2.26. The van der Waals surface area contributed by atoms with E-state index in [0.717, 1.165) is 18.3 Å². The van der Waals surface area contributed by atoms with Gasteiger partial charge >= 0.3 is 0 Å². The van der Waals surface area contributed by atoms with Crippen LogP contribution in [0.25, 0.3) is 0 Å². The molecule has 0 aromatic heterocycles.